The number of rotatable bonds is 4. The molecule has 7 rings (SSSR count). The van der Waals surface area contributed by atoms with Crippen molar-refractivity contribution in [2.45, 2.75) is 19.1 Å². The zero-order chi connectivity index (χ0) is 29.7. The summed E-state index contributed by atoms with van der Waals surface area (Å²) in [5, 5.41) is 7.98. The van der Waals surface area contributed by atoms with Crippen molar-refractivity contribution in [1.82, 2.24) is 14.8 Å². The number of aliphatic imine (C=N–C) groups is 2. The quantitative estimate of drug-likeness (QED) is 0.240. The Balaban J connectivity index is 1.49. The molecule has 214 valence electrons. The van der Waals surface area contributed by atoms with E-state index in [2.05, 4.69) is 10.3 Å². The Bertz CT molecular complexity index is 1910. The molecule has 5 aromatic rings. The number of halogens is 3. The standard InChI is InChI=1S/C32H24F3N7O/c1-19-27-28(22-12-3-6-15-25(22)43-2)41-24-14-5-4-13-23(24)38-29(37-21-11-9-10-20(18-21)32(33,34)35)31(41)39-30(27)42(40-19)26-16-7-8-17-36-26/h3-18,28H,1-2H3,(H,37,38). The highest BCUT2D eigenvalue weighted by atomic mass is 19.4. The molecule has 1 unspecified atom stereocenters. The molecule has 0 aliphatic carbocycles. The highest BCUT2D eigenvalue weighted by Crippen LogP contribution is 2.49. The van der Waals surface area contributed by atoms with Crippen molar-refractivity contribution in [1.29, 1.82) is 0 Å². The molecule has 0 saturated heterocycles. The van der Waals surface area contributed by atoms with Crippen molar-refractivity contribution >= 4 is 34.6 Å². The third-order valence-electron chi connectivity index (χ3n) is 7.39. The minimum absolute atomic E-state index is 0.227. The summed E-state index contributed by atoms with van der Waals surface area (Å²) in [4.78, 5) is 16.5. The van der Waals surface area contributed by atoms with E-state index < -0.39 is 17.8 Å². The van der Waals surface area contributed by atoms with Gasteiger partial charge in [-0.25, -0.2) is 15.0 Å². The van der Waals surface area contributed by atoms with Gasteiger partial charge in [0.15, 0.2) is 23.3 Å². The van der Waals surface area contributed by atoms with Gasteiger partial charge in [0.05, 0.1) is 35.8 Å². The normalized spacial score (nSPS) is 15.6. The van der Waals surface area contributed by atoms with E-state index in [9.17, 15) is 13.2 Å². The molecule has 0 bridgehead atoms. The lowest BCUT2D eigenvalue weighted by molar-refractivity contribution is -0.137. The van der Waals surface area contributed by atoms with E-state index in [4.69, 9.17) is 19.8 Å². The Morgan fingerprint density at radius 1 is 0.884 bits per heavy atom. The lowest BCUT2D eigenvalue weighted by atomic mass is 9.92. The van der Waals surface area contributed by atoms with Gasteiger partial charge in [-0.2, -0.15) is 23.0 Å². The van der Waals surface area contributed by atoms with Gasteiger partial charge in [-0.05, 0) is 55.5 Å². The molecule has 43 heavy (non-hydrogen) atoms. The van der Waals surface area contributed by atoms with Gasteiger partial charge in [-0.1, -0.05) is 42.5 Å². The number of para-hydroxylation sites is 3. The highest BCUT2D eigenvalue weighted by molar-refractivity contribution is 6.51. The number of pyridine rings is 1. The number of aryl methyl sites for hydroxylation is 1. The molecule has 2 aliphatic rings. The SMILES string of the molecule is COc1ccccc1C1c2c(C)nn(-c3ccccn3)c2N=C2C(Nc3cccc(C(F)(F)F)c3)=Nc3ccccc3N21. The van der Waals surface area contributed by atoms with Gasteiger partial charge >= 0.3 is 6.18 Å². The second kappa shape index (κ2) is 10.1. The number of nitrogens with one attached hydrogen (secondary N) is 1. The number of benzene rings is 3. The lowest BCUT2D eigenvalue weighted by Crippen LogP contribution is -2.46. The molecular weight excluding hydrogens is 555 g/mol. The van der Waals surface area contributed by atoms with E-state index in [1.807, 2.05) is 78.6 Å². The van der Waals surface area contributed by atoms with Crippen LogP contribution in [0.4, 0.5) is 36.1 Å². The van der Waals surface area contributed by atoms with Gasteiger partial charge < -0.3 is 15.0 Å². The number of ether oxygens (including phenoxy) is 1. The molecule has 0 radical (unpaired) electrons. The molecule has 2 aliphatic heterocycles. The van der Waals surface area contributed by atoms with Crippen LogP contribution in [0.1, 0.15) is 28.4 Å². The van der Waals surface area contributed by atoms with Gasteiger partial charge in [-0.3, -0.25) is 0 Å². The molecule has 8 nitrogen and oxygen atoms in total. The number of anilines is 2. The van der Waals surface area contributed by atoms with Crippen LogP contribution in [-0.4, -0.2) is 33.5 Å². The molecule has 0 fully saturated rings. The van der Waals surface area contributed by atoms with Crippen molar-refractivity contribution in [3.63, 3.8) is 0 Å². The van der Waals surface area contributed by atoms with Crippen LogP contribution in [0.3, 0.4) is 0 Å². The zero-order valence-electron chi connectivity index (χ0n) is 23.0. The van der Waals surface area contributed by atoms with Gasteiger partial charge in [0.1, 0.15) is 5.75 Å². The summed E-state index contributed by atoms with van der Waals surface area (Å²) in [6.45, 7) is 1.92. The van der Waals surface area contributed by atoms with Crippen LogP contribution in [0, 0.1) is 6.92 Å². The van der Waals surface area contributed by atoms with Crippen LogP contribution in [0.5, 0.6) is 5.75 Å². The summed E-state index contributed by atoms with van der Waals surface area (Å²) in [6.07, 6.45) is -2.82. The van der Waals surface area contributed by atoms with Crippen LogP contribution in [0.25, 0.3) is 5.82 Å². The number of aromatic nitrogens is 3. The van der Waals surface area contributed by atoms with E-state index in [-0.39, 0.29) is 11.5 Å². The first-order valence-corrected chi connectivity index (χ1v) is 13.5. The maximum Gasteiger partial charge on any atom is 0.416 e. The first-order valence-electron chi connectivity index (χ1n) is 13.5. The fourth-order valence-electron chi connectivity index (χ4n) is 5.53. The number of hydrogen-bond acceptors (Lipinski definition) is 7. The topological polar surface area (TPSA) is 79.9 Å². The summed E-state index contributed by atoms with van der Waals surface area (Å²) < 4.78 is 48.2. The Hall–Kier alpha value is -5.45. The molecule has 3 aromatic carbocycles. The van der Waals surface area contributed by atoms with Crippen molar-refractivity contribution in [2.75, 3.05) is 17.3 Å². The van der Waals surface area contributed by atoms with E-state index in [1.54, 1.807) is 24.1 Å². The number of hydrogen-bond donors (Lipinski definition) is 1. The Morgan fingerprint density at radius 2 is 1.67 bits per heavy atom. The second-order valence-electron chi connectivity index (χ2n) is 10.0. The van der Waals surface area contributed by atoms with Gasteiger partial charge in [0, 0.05) is 23.0 Å². The number of alkyl halides is 3. The van der Waals surface area contributed by atoms with E-state index in [1.165, 1.54) is 6.07 Å². The molecule has 0 saturated carbocycles. The average Bonchev–Trinajstić information content (AvgIpc) is 3.36. The number of nitrogens with zero attached hydrogens (tertiary/aromatic N) is 6. The predicted octanol–water partition coefficient (Wildman–Crippen LogP) is 7.40. The van der Waals surface area contributed by atoms with Crippen LogP contribution in [0.2, 0.25) is 0 Å². The Labute approximate surface area is 244 Å². The van der Waals surface area contributed by atoms with E-state index in [0.29, 0.717) is 28.9 Å². The minimum Gasteiger partial charge on any atom is -0.496 e. The lowest BCUT2D eigenvalue weighted by Gasteiger charge is -2.40. The zero-order valence-corrected chi connectivity index (χ0v) is 23.0. The maximum atomic E-state index is 13.6. The smallest absolute Gasteiger partial charge is 0.416 e. The number of fused-ring (bicyclic) bond motifs is 4. The third-order valence-corrected chi connectivity index (χ3v) is 7.39. The molecular formula is C32H24F3N7O. The first-order chi connectivity index (χ1) is 20.8. The van der Waals surface area contributed by atoms with Crippen LogP contribution in [-0.2, 0) is 6.18 Å². The molecule has 11 heteroatoms. The van der Waals surface area contributed by atoms with Crippen molar-refractivity contribution in [3.05, 3.63) is 120 Å². The van der Waals surface area contributed by atoms with Crippen LogP contribution < -0.4 is 15.0 Å². The van der Waals surface area contributed by atoms with Gasteiger partial charge in [-0.15, -0.1) is 0 Å². The Morgan fingerprint density at radius 3 is 2.47 bits per heavy atom. The Kier molecular flexibility index (Phi) is 6.23. The van der Waals surface area contributed by atoms with Crippen molar-refractivity contribution in [3.8, 4) is 11.6 Å². The van der Waals surface area contributed by atoms with Crippen LogP contribution >= 0.6 is 0 Å². The molecule has 4 heterocycles. The largest absolute Gasteiger partial charge is 0.496 e. The van der Waals surface area contributed by atoms with E-state index in [0.717, 1.165) is 34.6 Å². The molecule has 0 amide bonds. The van der Waals surface area contributed by atoms with Crippen molar-refractivity contribution in [2.24, 2.45) is 9.98 Å². The summed E-state index contributed by atoms with van der Waals surface area (Å²) in [5.41, 5.74) is 3.31. The molecule has 0 spiro atoms. The summed E-state index contributed by atoms with van der Waals surface area (Å²) in [7, 11) is 1.62. The number of methoxy groups -OCH3 is 1. The summed E-state index contributed by atoms with van der Waals surface area (Å²) in [5.74, 6) is 2.48. The third kappa shape index (κ3) is 4.49. The predicted molar refractivity (Wildman–Crippen MR) is 159 cm³/mol. The summed E-state index contributed by atoms with van der Waals surface area (Å²) in [6, 6.07) is 25.4. The van der Waals surface area contributed by atoms with Gasteiger partial charge in [0.25, 0.3) is 0 Å². The summed E-state index contributed by atoms with van der Waals surface area (Å²) >= 11 is 0. The number of amidine groups is 2. The van der Waals surface area contributed by atoms with Crippen molar-refractivity contribution < 1.29 is 17.9 Å². The molecule has 1 N–H and O–H groups in total. The van der Waals surface area contributed by atoms with Gasteiger partial charge in [0.2, 0.25) is 0 Å². The molecule has 2 aromatic heterocycles. The highest BCUT2D eigenvalue weighted by Gasteiger charge is 2.42. The first kappa shape index (κ1) is 26.4. The maximum absolute atomic E-state index is 13.6. The average molecular weight is 580 g/mol. The second-order valence-corrected chi connectivity index (χ2v) is 10.0. The fourth-order valence-corrected chi connectivity index (χ4v) is 5.53. The molecule has 1 atom stereocenters. The minimum atomic E-state index is -4.50. The fraction of sp³-hybridized carbons (Fsp3) is 0.125. The van der Waals surface area contributed by atoms with E-state index >= 15 is 0 Å². The van der Waals surface area contributed by atoms with Crippen LogP contribution in [0.15, 0.2) is 107 Å². The monoisotopic (exact) mass is 579 g/mol.